The standard InChI is InChI=1S/C25H34N2O9/c1-4-5-6-7-8-11-23(28)26-19(2)25(30)36-21-14-12-20(18-22(21)33-3)13-15-24(29)34-16-9-10-17-35-27(31)32/h5-6,12-15,18-19H,4,7-11,16-17H2,1-3H3,(H,26,28)/b6-5-,15-13+. The fraction of sp³-hybridized carbons (Fsp3) is 0.480. The van der Waals surface area contributed by atoms with Crippen LogP contribution in [0.15, 0.2) is 36.4 Å². The number of unbranched alkanes of at least 4 members (excludes halogenated alkanes) is 2. The van der Waals surface area contributed by atoms with Crippen molar-refractivity contribution in [3.63, 3.8) is 0 Å². The number of methoxy groups -OCH3 is 1. The van der Waals surface area contributed by atoms with Gasteiger partial charge in [0.15, 0.2) is 11.5 Å². The van der Waals surface area contributed by atoms with E-state index in [1.807, 2.05) is 19.1 Å². The Morgan fingerprint density at radius 1 is 1.11 bits per heavy atom. The van der Waals surface area contributed by atoms with Gasteiger partial charge in [-0.05, 0) is 62.8 Å². The highest BCUT2D eigenvalue weighted by Gasteiger charge is 2.19. The molecule has 1 atom stereocenters. The van der Waals surface area contributed by atoms with Gasteiger partial charge in [0.05, 0.1) is 20.3 Å². The highest BCUT2D eigenvalue weighted by molar-refractivity contribution is 5.87. The number of nitrogens with zero attached hydrogens (tertiary/aromatic N) is 1. The molecule has 0 aromatic heterocycles. The molecule has 0 aliphatic carbocycles. The van der Waals surface area contributed by atoms with E-state index in [-0.39, 0.29) is 30.6 Å². The van der Waals surface area contributed by atoms with Gasteiger partial charge in [0, 0.05) is 12.5 Å². The van der Waals surface area contributed by atoms with Gasteiger partial charge in [0.25, 0.3) is 5.09 Å². The summed E-state index contributed by atoms with van der Waals surface area (Å²) in [6, 6.07) is 3.88. The van der Waals surface area contributed by atoms with Crippen LogP contribution in [0.5, 0.6) is 11.5 Å². The van der Waals surface area contributed by atoms with E-state index in [1.54, 1.807) is 19.1 Å². The van der Waals surface area contributed by atoms with Crippen LogP contribution in [-0.4, -0.2) is 49.3 Å². The Balaban J connectivity index is 2.52. The van der Waals surface area contributed by atoms with Crippen molar-refractivity contribution in [3.8, 4) is 11.5 Å². The Bertz CT molecular complexity index is 928. The monoisotopic (exact) mass is 506 g/mol. The first-order valence-electron chi connectivity index (χ1n) is 11.7. The van der Waals surface area contributed by atoms with Crippen LogP contribution in [0.1, 0.15) is 57.9 Å². The van der Waals surface area contributed by atoms with Crippen LogP contribution in [0.25, 0.3) is 6.08 Å². The molecule has 1 N–H and O–H groups in total. The highest BCUT2D eigenvalue weighted by Crippen LogP contribution is 2.29. The number of rotatable bonds is 17. The van der Waals surface area contributed by atoms with E-state index in [0.29, 0.717) is 31.2 Å². The van der Waals surface area contributed by atoms with Gasteiger partial charge in [-0.15, -0.1) is 10.1 Å². The lowest BCUT2D eigenvalue weighted by Gasteiger charge is -2.15. The quantitative estimate of drug-likeness (QED) is 0.0635. The van der Waals surface area contributed by atoms with Crippen molar-refractivity contribution in [1.82, 2.24) is 5.32 Å². The van der Waals surface area contributed by atoms with E-state index < -0.39 is 23.1 Å². The first-order chi connectivity index (χ1) is 17.3. The molecule has 0 saturated carbocycles. The molecule has 0 spiro atoms. The number of ether oxygens (including phenoxy) is 3. The lowest BCUT2D eigenvalue weighted by Crippen LogP contribution is -2.40. The average Bonchev–Trinajstić information content (AvgIpc) is 2.85. The van der Waals surface area contributed by atoms with Crippen LogP contribution < -0.4 is 14.8 Å². The summed E-state index contributed by atoms with van der Waals surface area (Å²) in [6.07, 6.45) is 10.4. The second-order valence-electron chi connectivity index (χ2n) is 7.66. The van der Waals surface area contributed by atoms with E-state index in [9.17, 15) is 24.5 Å². The third-order valence-electron chi connectivity index (χ3n) is 4.70. The van der Waals surface area contributed by atoms with Crippen LogP contribution in [0.2, 0.25) is 0 Å². The number of hydrogen-bond donors (Lipinski definition) is 1. The topological polar surface area (TPSA) is 143 Å². The number of carbonyl (C=O) groups excluding carboxylic acids is 3. The third kappa shape index (κ3) is 13.1. The molecule has 0 aliphatic heterocycles. The van der Waals surface area contributed by atoms with Crippen molar-refractivity contribution in [2.75, 3.05) is 20.3 Å². The summed E-state index contributed by atoms with van der Waals surface area (Å²) >= 11 is 0. The number of carbonyl (C=O) groups is 3. The second kappa shape index (κ2) is 17.5. The Labute approximate surface area is 210 Å². The number of amides is 1. The summed E-state index contributed by atoms with van der Waals surface area (Å²) in [5, 5.41) is 11.8. The maximum absolute atomic E-state index is 12.4. The first kappa shape index (κ1) is 30.1. The molecule has 0 aliphatic rings. The summed E-state index contributed by atoms with van der Waals surface area (Å²) in [6.45, 7) is 3.63. The lowest BCUT2D eigenvalue weighted by molar-refractivity contribution is -0.757. The van der Waals surface area contributed by atoms with Crippen molar-refractivity contribution < 1.29 is 38.5 Å². The molecule has 1 aromatic carbocycles. The van der Waals surface area contributed by atoms with Gasteiger partial charge in [-0.1, -0.05) is 25.1 Å². The Kier molecular flexibility index (Phi) is 14.7. The largest absolute Gasteiger partial charge is 0.493 e. The van der Waals surface area contributed by atoms with E-state index in [2.05, 4.69) is 10.2 Å². The number of hydrogen-bond acceptors (Lipinski definition) is 9. The SMILES string of the molecule is CC/C=C\CCCC(=O)NC(C)C(=O)Oc1ccc(/C=C/C(=O)OCCCCO[N+](=O)[O-])cc1OC. The molecule has 1 aromatic rings. The van der Waals surface area contributed by atoms with Gasteiger partial charge >= 0.3 is 11.9 Å². The fourth-order valence-corrected chi connectivity index (χ4v) is 2.83. The zero-order chi connectivity index (χ0) is 26.8. The maximum Gasteiger partial charge on any atom is 0.333 e. The lowest BCUT2D eigenvalue weighted by atomic mass is 10.2. The predicted octanol–water partition coefficient (Wildman–Crippen LogP) is 3.79. The van der Waals surface area contributed by atoms with Crippen molar-refractivity contribution >= 4 is 23.9 Å². The minimum atomic E-state index is -0.872. The van der Waals surface area contributed by atoms with Crippen LogP contribution in [-0.2, 0) is 24.0 Å². The average molecular weight is 507 g/mol. The smallest absolute Gasteiger partial charge is 0.333 e. The molecule has 0 bridgehead atoms. The van der Waals surface area contributed by atoms with Gasteiger partial charge in [0.2, 0.25) is 5.91 Å². The Hall–Kier alpha value is -3.89. The van der Waals surface area contributed by atoms with Gasteiger partial charge in [-0.3, -0.25) is 4.79 Å². The molecule has 198 valence electrons. The molecule has 11 nitrogen and oxygen atoms in total. The maximum atomic E-state index is 12.4. The van der Waals surface area contributed by atoms with Crippen molar-refractivity contribution in [2.24, 2.45) is 0 Å². The zero-order valence-corrected chi connectivity index (χ0v) is 20.9. The van der Waals surface area contributed by atoms with Gasteiger partial charge < -0.3 is 24.4 Å². The highest BCUT2D eigenvalue weighted by atomic mass is 16.9. The summed E-state index contributed by atoms with van der Waals surface area (Å²) in [4.78, 5) is 50.5. The third-order valence-corrected chi connectivity index (χ3v) is 4.70. The summed E-state index contributed by atoms with van der Waals surface area (Å²) in [7, 11) is 1.41. The van der Waals surface area contributed by atoms with E-state index >= 15 is 0 Å². The number of benzene rings is 1. The normalized spacial score (nSPS) is 11.8. The molecular formula is C25H34N2O9. The van der Waals surface area contributed by atoms with E-state index in [0.717, 1.165) is 12.8 Å². The predicted molar refractivity (Wildman–Crippen MR) is 132 cm³/mol. The first-order valence-corrected chi connectivity index (χ1v) is 11.7. The molecular weight excluding hydrogens is 472 g/mol. The molecule has 1 rings (SSSR count). The molecule has 1 unspecified atom stereocenters. The van der Waals surface area contributed by atoms with Gasteiger partial charge in [-0.2, -0.15) is 0 Å². The van der Waals surface area contributed by atoms with E-state index in [4.69, 9.17) is 14.2 Å². The van der Waals surface area contributed by atoms with Crippen LogP contribution >= 0.6 is 0 Å². The van der Waals surface area contributed by atoms with Crippen LogP contribution in [0.3, 0.4) is 0 Å². The molecule has 1 amide bonds. The fourth-order valence-electron chi connectivity index (χ4n) is 2.83. The zero-order valence-electron chi connectivity index (χ0n) is 20.9. The summed E-state index contributed by atoms with van der Waals surface area (Å²) in [5.41, 5.74) is 0.599. The molecule has 0 radical (unpaired) electrons. The van der Waals surface area contributed by atoms with Gasteiger partial charge in [0.1, 0.15) is 6.04 Å². The van der Waals surface area contributed by atoms with Crippen molar-refractivity contribution in [1.29, 1.82) is 0 Å². The van der Waals surface area contributed by atoms with E-state index in [1.165, 1.54) is 25.3 Å². The second-order valence-corrected chi connectivity index (χ2v) is 7.66. The minimum Gasteiger partial charge on any atom is -0.493 e. The summed E-state index contributed by atoms with van der Waals surface area (Å²) < 4.78 is 15.7. The number of esters is 2. The van der Waals surface area contributed by atoms with Crippen molar-refractivity contribution in [2.45, 2.75) is 58.4 Å². The summed E-state index contributed by atoms with van der Waals surface area (Å²) in [5.74, 6) is -1.00. The number of nitrogens with one attached hydrogen (secondary N) is 1. The molecule has 11 heteroatoms. The molecule has 0 heterocycles. The molecule has 0 fully saturated rings. The minimum absolute atomic E-state index is 0.0564. The van der Waals surface area contributed by atoms with Crippen molar-refractivity contribution in [3.05, 3.63) is 52.1 Å². The Morgan fingerprint density at radius 3 is 2.56 bits per heavy atom. The molecule has 0 saturated heterocycles. The Morgan fingerprint density at radius 2 is 1.86 bits per heavy atom. The molecule has 36 heavy (non-hydrogen) atoms. The van der Waals surface area contributed by atoms with Gasteiger partial charge in [-0.25, -0.2) is 9.59 Å². The van der Waals surface area contributed by atoms with Crippen LogP contribution in [0, 0.1) is 10.1 Å². The number of allylic oxidation sites excluding steroid dienone is 2. The van der Waals surface area contributed by atoms with Crippen LogP contribution in [0.4, 0.5) is 0 Å².